The molecule has 72 valence electrons. The molecule has 2 nitrogen and oxygen atoms in total. The normalized spacial score (nSPS) is 26.5. The zero-order valence-electron chi connectivity index (χ0n) is 8.76. The van der Waals surface area contributed by atoms with Crippen molar-refractivity contribution in [3.8, 4) is 0 Å². The molecular weight excluding hydrogens is 150 g/mol. The van der Waals surface area contributed by atoms with Crippen LogP contribution in [0.4, 0.5) is 0 Å². The lowest BCUT2D eigenvalue weighted by atomic mass is 10.1. The van der Waals surface area contributed by atoms with Crippen LogP contribution in [0.3, 0.4) is 0 Å². The quantitative estimate of drug-likeness (QED) is 0.632. The van der Waals surface area contributed by atoms with E-state index < -0.39 is 0 Å². The zero-order valence-corrected chi connectivity index (χ0v) is 8.76. The van der Waals surface area contributed by atoms with Crippen LogP contribution in [-0.4, -0.2) is 23.8 Å². The molecule has 0 bridgehead atoms. The Morgan fingerprint density at radius 1 is 1.42 bits per heavy atom. The molecule has 0 amide bonds. The molecule has 0 aromatic carbocycles. The molecule has 1 heterocycles. The molecular formula is C10H21NO. The summed E-state index contributed by atoms with van der Waals surface area (Å²) in [5.74, 6) is 0.854. The highest BCUT2D eigenvalue weighted by atomic mass is 16.7. The highest BCUT2D eigenvalue weighted by molar-refractivity contribution is 4.70. The van der Waals surface area contributed by atoms with Crippen LogP contribution < -0.4 is 0 Å². The lowest BCUT2D eigenvalue weighted by Crippen LogP contribution is -2.32. The van der Waals surface area contributed by atoms with Crippen molar-refractivity contribution in [2.24, 2.45) is 5.92 Å². The lowest BCUT2D eigenvalue weighted by molar-refractivity contribution is -0.218. The van der Waals surface area contributed by atoms with Crippen molar-refractivity contribution in [2.45, 2.75) is 46.1 Å². The summed E-state index contributed by atoms with van der Waals surface area (Å²) in [5.41, 5.74) is -0.0252. The summed E-state index contributed by atoms with van der Waals surface area (Å²) < 4.78 is 0. The fourth-order valence-corrected chi connectivity index (χ4v) is 1.60. The first-order valence-corrected chi connectivity index (χ1v) is 4.95. The Morgan fingerprint density at radius 3 is 2.50 bits per heavy atom. The summed E-state index contributed by atoms with van der Waals surface area (Å²) in [6, 6.07) is 0. The summed E-state index contributed by atoms with van der Waals surface area (Å²) in [7, 11) is 0. The van der Waals surface area contributed by atoms with E-state index in [0.717, 1.165) is 19.0 Å². The van der Waals surface area contributed by atoms with Crippen LogP contribution in [-0.2, 0) is 4.84 Å². The monoisotopic (exact) mass is 171 g/mol. The summed E-state index contributed by atoms with van der Waals surface area (Å²) in [6.07, 6.45) is 2.58. The first-order valence-electron chi connectivity index (χ1n) is 4.95. The predicted molar refractivity (Wildman–Crippen MR) is 50.8 cm³/mol. The van der Waals surface area contributed by atoms with E-state index in [2.05, 4.69) is 32.8 Å². The topological polar surface area (TPSA) is 12.5 Å². The summed E-state index contributed by atoms with van der Waals surface area (Å²) in [5, 5.41) is 2.12. The molecule has 1 fully saturated rings. The molecule has 1 rings (SSSR count). The second kappa shape index (κ2) is 3.75. The first kappa shape index (κ1) is 10.0. The van der Waals surface area contributed by atoms with Gasteiger partial charge in [-0.2, -0.15) is 5.06 Å². The van der Waals surface area contributed by atoms with Crippen molar-refractivity contribution in [1.82, 2.24) is 5.06 Å². The molecule has 12 heavy (non-hydrogen) atoms. The number of hydrogen-bond acceptors (Lipinski definition) is 2. The molecule has 2 heteroatoms. The third-order valence-corrected chi connectivity index (χ3v) is 2.23. The van der Waals surface area contributed by atoms with E-state index in [-0.39, 0.29) is 5.60 Å². The molecule has 1 aliphatic heterocycles. The highest BCUT2D eigenvalue weighted by Gasteiger charge is 2.25. The van der Waals surface area contributed by atoms with Crippen molar-refractivity contribution >= 4 is 0 Å². The van der Waals surface area contributed by atoms with Gasteiger partial charge < -0.3 is 0 Å². The van der Waals surface area contributed by atoms with Crippen LogP contribution in [0.15, 0.2) is 0 Å². The average molecular weight is 171 g/mol. The predicted octanol–water partition coefficient (Wildman–Crippen LogP) is 2.45. The van der Waals surface area contributed by atoms with Gasteiger partial charge in [-0.25, -0.2) is 0 Å². The van der Waals surface area contributed by atoms with Crippen molar-refractivity contribution in [1.29, 1.82) is 0 Å². The van der Waals surface area contributed by atoms with E-state index >= 15 is 0 Å². The van der Waals surface area contributed by atoms with Gasteiger partial charge in [-0.15, -0.1) is 0 Å². The maximum absolute atomic E-state index is 5.76. The molecule has 0 spiro atoms. The van der Waals surface area contributed by atoms with Gasteiger partial charge in [-0.3, -0.25) is 4.84 Å². The second-order valence-corrected chi connectivity index (χ2v) is 4.65. The molecule has 0 aromatic heterocycles. The van der Waals surface area contributed by atoms with Crippen LogP contribution in [0.2, 0.25) is 0 Å². The Labute approximate surface area is 75.8 Å². The zero-order chi connectivity index (χ0) is 9.19. The van der Waals surface area contributed by atoms with Crippen LogP contribution in [0.1, 0.15) is 40.5 Å². The Kier molecular flexibility index (Phi) is 3.13. The van der Waals surface area contributed by atoms with Gasteiger partial charge in [-0.1, -0.05) is 13.3 Å². The molecule has 0 radical (unpaired) electrons. The molecule has 0 N–H and O–H groups in total. The van der Waals surface area contributed by atoms with Gasteiger partial charge >= 0.3 is 0 Å². The molecule has 0 aliphatic carbocycles. The first-order chi connectivity index (χ1) is 5.51. The minimum atomic E-state index is -0.0252. The minimum absolute atomic E-state index is 0.0252. The summed E-state index contributed by atoms with van der Waals surface area (Å²) in [4.78, 5) is 5.76. The standard InChI is InChI=1S/C10H21NO/c1-5-9-6-7-11(8-9)12-10(2,3)4/h9H,5-8H2,1-4H3. The number of hydrogen-bond donors (Lipinski definition) is 0. The van der Waals surface area contributed by atoms with Gasteiger partial charge in [0.25, 0.3) is 0 Å². The number of nitrogens with zero attached hydrogens (tertiary/aromatic N) is 1. The molecule has 0 aromatic rings. The van der Waals surface area contributed by atoms with Crippen LogP contribution in [0, 0.1) is 5.92 Å². The third kappa shape index (κ3) is 3.11. The van der Waals surface area contributed by atoms with E-state index in [1.165, 1.54) is 12.8 Å². The minimum Gasteiger partial charge on any atom is -0.293 e. The van der Waals surface area contributed by atoms with E-state index in [4.69, 9.17) is 4.84 Å². The van der Waals surface area contributed by atoms with Crippen LogP contribution in [0.25, 0.3) is 0 Å². The molecule has 0 saturated carbocycles. The van der Waals surface area contributed by atoms with Gasteiger partial charge in [0.1, 0.15) is 0 Å². The maximum atomic E-state index is 5.76. The van der Waals surface area contributed by atoms with Crippen molar-refractivity contribution in [3.05, 3.63) is 0 Å². The van der Waals surface area contributed by atoms with Gasteiger partial charge in [-0.05, 0) is 33.1 Å². The van der Waals surface area contributed by atoms with E-state index in [9.17, 15) is 0 Å². The smallest absolute Gasteiger partial charge is 0.0815 e. The van der Waals surface area contributed by atoms with Gasteiger partial charge in [0.05, 0.1) is 5.60 Å². The number of hydroxylamine groups is 2. The SMILES string of the molecule is CCC1CCN(OC(C)(C)C)C1. The second-order valence-electron chi connectivity index (χ2n) is 4.65. The lowest BCUT2D eigenvalue weighted by Gasteiger charge is -2.26. The molecule has 1 aliphatic rings. The average Bonchev–Trinajstić information content (AvgIpc) is 2.32. The fourth-order valence-electron chi connectivity index (χ4n) is 1.60. The van der Waals surface area contributed by atoms with Crippen LogP contribution in [0.5, 0.6) is 0 Å². The van der Waals surface area contributed by atoms with Gasteiger partial charge in [0, 0.05) is 13.1 Å². The van der Waals surface area contributed by atoms with Gasteiger partial charge in [0.15, 0.2) is 0 Å². The van der Waals surface area contributed by atoms with Crippen molar-refractivity contribution < 1.29 is 4.84 Å². The number of rotatable bonds is 2. The Hall–Kier alpha value is -0.0800. The van der Waals surface area contributed by atoms with E-state index in [1.54, 1.807) is 0 Å². The van der Waals surface area contributed by atoms with E-state index in [0.29, 0.717) is 0 Å². The summed E-state index contributed by atoms with van der Waals surface area (Å²) >= 11 is 0. The maximum Gasteiger partial charge on any atom is 0.0815 e. The highest BCUT2D eigenvalue weighted by Crippen LogP contribution is 2.22. The van der Waals surface area contributed by atoms with Crippen molar-refractivity contribution in [3.63, 3.8) is 0 Å². The van der Waals surface area contributed by atoms with Crippen molar-refractivity contribution in [2.75, 3.05) is 13.1 Å². The Bertz CT molecular complexity index is 139. The summed E-state index contributed by atoms with van der Waals surface area (Å²) in [6.45, 7) is 10.8. The molecule has 1 atom stereocenters. The Morgan fingerprint density at radius 2 is 2.08 bits per heavy atom. The van der Waals surface area contributed by atoms with Gasteiger partial charge in [0.2, 0.25) is 0 Å². The fraction of sp³-hybridized carbons (Fsp3) is 1.00. The Balaban J connectivity index is 2.28. The molecule has 1 unspecified atom stereocenters. The van der Waals surface area contributed by atoms with E-state index in [1.807, 2.05) is 0 Å². The third-order valence-electron chi connectivity index (χ3n) is 2.23. The molecule has 1 saturated heterocycles. The van der Waals surface area contributed by atoms with Crippen LogP contribution >= 0.6 is 0 Å². The largest absolute Gasteiger partial charge is 0.293 e.